The molecule has 0 saturated carbocycles. The molecule has 0 atom stereocenters. The lowest BCUT2D eigenvalue weighted by Gasteiger charge is -2.26. The Morgan fingerprint density at radius 3 is 2.52 bits per heavy atom. The summed E-state index contributed by atoms with van der Waals surface area (Å²) in [4.78, 5) is 12.7. The molecule has 0 aliphatic carbocycles. The molecule has 1 amide bonds. The predicted molar refractivity (Wildman–Crippen MR) is 114 cm³/mol. The largest absolute Gasteiger partial charge is 0.347 e. The van der Waals surface area contributed by atoms with Crippen LogP contribution in [0.1, 0.15) is 35.3 Å². The van der Waals surface area contributed by atoms with E-state index in [1.807, 2.05) is 0 Å². The Morgan fingerprint density at radius 1 is 1.03 bits per heavy atom. The minimum Gasteiger partial charge on any atom is -0.347 e. The average molecular weight is 443 g/mol. The highest BCUT2D eigenvalue weighted by molar-refractivity contribution is 7.89. The Labute approximate surface area is 180 Å². The number of carbonyl (C=O) groups excluding carboxylic acids is 1. The molecule has 2 heterocycles. The van der Waals surface area contributed by atoms with E-state index >= 15 is 0 Å². The molecule has 1 saturated heterocycles. The van der Waals surface area contributed by atoms with Crippen molar-refractivity contribution in [1.82, 2.24) is 19.4 Å². The van der Waals surface area contributed by atoms with Gasteiger partial charge in [0.2, 0.25) is 10.0 Å². The molecular weight excluding hydrogens is 419 g/mol. The summed E-state index contributed by atoms with van der Waals surface area (Å²) in [6.45, 7) is 1.26. The zero-order valence-corrected chi connectivity index (χ0v) is 17.7. The Bertz CT molecular complexity index is 1170. The highest BCUT2D eigenvalue weighted by Gasteiger charge is 2.26. The van der Waals surface area contributed by atoms with Crippen molar-refractivity contribution in [2.75, 3.05) is 13.1 Å². The van der Waals surface area contributed by atoms with Crippen molar-refractivity contribution in [2.45, 2.75) is 30.7 Å². The number of sulfonamides is 1. The number of halogens is 1. The molecule has 1 aliphatic rings. The zero-order valence-electron chi connectivity index (χ0n) is 16.9. The first kappa shape index (κ1) is 21.2. The quantitative estimate of drug-likeness (QED) is 0.636. The summed E-state index contributed by atoms with van der Waals surface area (Å²) in [7, 11) is -3.53. The monoisotopic (exact) mass is 442 g/mol. The first-order valence-electron chi connectivity index (χ1n) is 10.1. The summed E-state index contributed by atoms with van der Waals surface area (Å²) < 4.78 is 41.8. The molecule has 0 bridgehead atoms. The smallest absolute Gasteiger partial charge is 0.272 e. The highest BCUT2D eigenvalue weighted by atomic mass is 32.2. The lowest BCUT2D eigenvalue weighted by Crippen LogP contribution is -2.35. The predicted octanol–water partition coefficient (Wildman–Crippen LogP) is 3.12. The van der Waals surface area contributed by atoms with E-state index in [2.05, 4.69) is 10.4 Å². The molecule has 0 unspecified atom stereocenters. The van der Waals surface area contributed by atoms with Gasteiger partial charge in [-0.3, -0.25) is 4.79 Å². The molecular formula is C22H23FN4O3S. The molecule has 7 nitrogen and oxygen atoms in total. The summed E-state index contributed by atoms with van der Waals surface area (Å²) >= 11 is 0. The fourth-order valence-electron chi connectivity index (χ4n) is 3.53. The molecule has 0 radical (unpaired) electrons. The van der Waals surface area contributed by atoms with Gasteiger partial charge in [-0.15, -0.1) is 0 Å². The standard InChI is InChI=1S/C22H23FN4O3S/c23-18-7-9-19(10-8-18)27-14-11-21(25-27)22(28)24-16-17-5-4-6-20(15-17)31(29,30)26-12-2-1-3-13-26/h4-11,14-15H,1-3,12-13,16H2,(H,24,28). The molecule has 4 rings (SSSR count). The average Bonchev–Trinajstić information content (AvgIpc) is 3.29. The molecule has 1 fully saturated rings. The maximum absolute atomic E-state index is 13.1. The molecule has 1 aliphatic heterocycles. The summed E-state index contributed by atoms with van der Waals surface area (Å²) in [5, 5.41) is 6.98. The minimum absolute atomic E-state index is 0.172. The van der Waals surface area contributed by atoms with Crippen LogP contribution in [0.3, 0.4) is 0 Å². The van der Waals surface area contributed by atoms with Gasteiger partial charge in [-0.1, -0.05) is 18.6 Å². The molecule has 3 aromatic rings. The van der Waals surface area contributed by atoms with Crippen LogP contribution in [0.2, 0.25) is 0 Å². The van der Waals surface area contributed by atoms with E-state index in [0.29, 0.717) is 24.3 Å². The Morgan fingerprint density at radius 2 is 1.77 bits per heavy atom. The number of hydrogen-bond donors (Lipinski definition) is 1. The van der Waals surface area contributed by atoms with E-state index in [-0.39, 0.29) is 28.9 Å². The van der Waals surface area contributed by atoms with E-state index < -0.39 is 10.0 Å². The number of hydrogen-bond acceptors (Lipinski definition) is 4. The lowest BCUT2D eigenvalue weighted by atomic mass is 10.2. The second-order valence-corrected chi connectivity index (χ2v) is 9.35. The number of nitrogens with zero attached hydrogens (tertiary/aromatic N) is 3. The lowest BCUT2D eigenvalue weighted by molar-refractivity contribution is 0.0945. The summed E-state index contributed by atoms with van der Waals surface area (Å²) in [5.41, 5.74) is 1.53. The first-order chi connectivity index (χ1) is 14.9. The van der Waals surface area contributed by atoms with Gasteiger partial charge in [-0.05, 0) is 60.9 Å². The van der Waals surface area contributed by atoms with Crippen LogP contribution in [-0.4, -0.2) is 41.5 Å². The van der Waals surface area contributed by atoms with E-state index in [4.69, 9.17) is 0 Å². The maximum Gasteiger partial charge on any atom is 0.272 e. The highest BCUT2D eigenvalue weighted by Crippen LogP contribution is 2.21. The van der Waals surface area contributed by atoms with Crippen molar-refractivity contribution in [2.24, 2.45) is 0 Å². The first-order valence-corrected chi connectivity index (χ1v) is 11.6. The molecule has 9 heteroatoms. The molecule has 31 heavy (non-hydrogen) atoms. The zero-order chi connectivity index (χ0) is 21.8. The third-order valence-corrected chi connectivity index (χ3v) is 7.11. The van der Waals surface area contributed by atoms with Gasteiger partial charge in [0.25, 0.3) is 5.91 Å². The number of nitrogens with one attached hydrogen (secondary N) is 1. The number of amides is 1. The van der Waals surface area contributed by atoms with Crippen molar-refractivity contribution in [1.29, 1.82) is 0 Å². The Balaban J connectivity index is 1.42. The van der Waals surface area contributed by atoms with Crippen molar-refractivity contribution in [3.05, 3.63) is 77.9 Å². The molecule has 162 valence electrons. The van der Waals surface area contributed by atoms with Crippen LogP contribution in [0.25, 0.3) is 5.69 Å². The summed E-state index contributed by atoms with van der Waals surface area (Å²) in [5.74, 6) is -0.733. The molecule has 1 N–H and O–H groups in total. The van der Waals surface area contributed by atoms with Crippen LogP contribution in [0, 0.1) is 5.82 Å². The van der Waals surface area contributed by atoms with Crippen molar-refractivity contribution >= 4 is 15.9 Å². The topological polar surface area (TPSA) is 84.3 Å². The third-order valence-electron chi connectivity index (χ3n) is 5.22. The van der Waals surface area contributed by atoms with Gasteiger partial charge >= 0.3 is 0 Å². The normalized spacial score (nSPS) is 15.0. The van der Waals surface area contributed by atoms with Gasteiger partial charge < -0.3 is 5.32 Å². The fourth-order valence-corrected chi connectivity index (χ4v) is 5.11. The van der Waals surface area contributed by atoms with Crippen LogP contribution in [0.5, 0.6) is 0 Å². The number of piperidine rings is 1. The van der Waals surface area contributed by atoms with Crippen molar-refractivity contribution in [3.8, 4) is 5.69 Å². The van der Waals surface area contributed by atoms with Crippen molar-refractivity contribution < 1.29 is 17.6 Å². The summed E-state index contributed by atoms with van der Waals surface area (Å²) in [6.07, 6.45) is 4.42. The van der Waals surface area contributed by atoms with E-state index in [9.17, 15) is 17.6 Å². The van der Waals surface area contributed by atoms with Crippen LogP contribution in [0.4, 0.5) is 4.39 Å². The fraction of sp³-hybridized carbons (Fsp3) is 0.273. The molecule has 0 spiro atoms. The number of aromatic nitrogens is 2. The van der Waals surface area contributed by atoms with Gasteiger partial charge in [0, 0.05) is 25.8 Å². The summed E-state index contributed by atoms with van der Waals surface area (Å²) in [6, 6.07) is 14.0. The molecule has 1 aromatic heterocycles. The maximum atomic E-state index is 13.1. The Kier molecular flexibility index (Phi) is 6.15. The number of benzene rings is 2. The van der Waals surface area contributed by atoms with Gasteiger partial charge in [0.15, 0.2) is 5.69 Å². The minimum atomic E-state index is -3.53. The van der Waals surface area contributed by atoms with E-state index in [1.165, 1.54) is 21.1 Å². The third kappa shape index (κ3) is 4.83. The van der Waals surface area contributed by atoms with Crippen molar-refractivity contribution in [3.63, 3.8) is 0 Å². The van der Waals surface area contributed by atoms with E-state index in [0.717, 1.165) is 19.3 Å². The van der Waals surface area contributed by atoms with Gasteiger partial charge in [-0.2, -0.15) is 9.40 Å². The second kappa shape index (κ2) is 8.99. The number of carbonyl (C=O) groups is 1. The van der Waals surface area contributed by atoms with Gasteiger partial charge in [-0.25, -0.2) is 17.5 Å². The van der Waals surface area contributed by atoms with Crippen LogP contribution in [0.15, 0.2) is 65.7 Å². The van der Waals surface area contributed by atoms with Crippen LogP contribution >= 0.6 is 0 Å². The van der Waals surface area contributed by atoms with E-state index in [1.54, 1.807) is 48.7 Å². The second-order valence-electron chi connectivity index (χ2n) is 7.42. The van der Waals surface area contributed by atoms with Crippen LogP contribution < -0.4 is 5.32 Å². The molecule has 2 aromatic carbocycles. The Hall–Kier alpha value is -3.04. The number of rotatable bonds is 6. The van der Waals surface area contributed by atoms with Gasteiger partial charge in [0.1, 0.15) is 5.82 Å². The SMILES string of the molecule is O=C(NCc1cccc(S(=O)(=O)N2CCCCC2)c1)c1ccn(-c2ccc(F)cc2)n1. The van der Waals surface area contributed by atoms with Crippen LogP contribution in [-0.2, 0) is 16.6 Å². The van der Waals surface area contributed by atoms with Gasteiger partial charge in [0.05, 0.1) is 10.6 Å².